The second kappa shape index (κ2) is 6.27. The van der Waals surface area contributed by atoms with Crippen LogP contribution in [-0.4, -0.2) is 18.7 Å². The lowest BCUT2D eigenvalue weighted by Crippen LogP contribution is -2.37. The van der Waals surface area contributed by atoms with Crippen molar-refractivity contribution in [2.45, 2.75) is 39.8 Å². The normalized spacial score (nSPS) is 22.8. The van der Waals surface area contributed by atoms with Crippen molar-refractivity contribution in [1.29, 1.82) is 0 Å². The molecular formula is C16H22BrNO2. The summed E-state index contributed by atoms with van der Waals surface area (Å²) in [5, 5.41) is 3.29. The molecule has 1 aromatic rings. The third-order valence-electron chi connectivity index (χ3n) is 3.55. The minimum Gasteiger partial charge on any atom is -0.446 e. The van der Waals surface area contributed by atoms with E-state index in [-0.39, 0.29) is 12.2 Å². The molecule has 1 N–H and O–H groups in total. The number of benzene rings is 1. The summed E-state index contributed by atoms with van der Waals surface area (Å²) in [6.07, 6.45) is 1.81. The molecule has 3 nitrogen and oxygen atoms in total. The highest BCUT2D eigenvalue weighted by molar-refractivity contribution is 9.10. The first-order chi connectivity index (χ1) is 9.36. The van der Waals surface area contributed by atoms with Gasteiger partial charge in [-0.25, -0.2) is 0 Å². The van der Waals surface area contributed by atoms with Crippen molar-refractivity contribution in [3.8, 4) is 0 Å². The molecule has 1 aliphatic rings. The minimum atomic E-state index is -0.452. The largest absolute Gasteiger partial charge is 0.446 e. The van der Waals surface area contributed by atoms with Crippen LogP contribution in [0.4, 0.5) is 0 Å². The summed E-state index contributed by atoms with van der Waals surface area (Å²) in [5.41, 5.74) is 0.825. The van der Waals surface area contributed by atoms with Crippen molar-refractivity contribution >= 4 is 21.9 Å². The number of ether oxygens (including phenoxy) is 1. The maximum atomic E-state index is 12.0. The van der Waals surface area contributed by atoms with E-state index in [1.54, 1.807) is 0 Å². The molecule has 0 saturated carbocycles. The zero-order chi connectivity index (χ0) is 14.8. The van der Waals surface area contributed by atoms with Crippen molar-refractivity contribution < 1.29 is 9.53 Å². The molecule has 1 heterocycles. The van der Waals surface area contributed by atoms with Gasteiger partial charge in [0.1, 0.15) is 0 Å². The van der Waals surface area contributed by atoms with Crippen molar-refractivity contribution in [3.63, 3.8) is 0 Å². The predicted octanol–water partition coefficient (Wildman–Crippen LogP) is 3.52. The number of esters is 1. The Balaban J connectivity index is 1.97. The molecule has 1 aromatic carbocycles. The molecule has 2 rings (SSSR count). The second-order valence-corrected chi connectivity index (χ2v) is 7.33. The molecule has 0 spiro atoms. The first kappa shape index (κ1) is 15.5. The quantitative estimate of drug-likeness (QED) is 0.856. The molecule has 1 saturated heterocycles. The van der Waals surface area contributed by atoms with Gasteiger partial charge in [0.15, 0.2) is 6.23 Å². The maximum absolute atomic E-state index is 12.0. The van der Waals surface area contributed by atoms with Crippen LogP contribution in [0.25, 0.3) is 0 Å². The number of halogens is 1. The molecule has 2 atom stereocenters. The summed E-state index contributed by atoms with van der Waals surface area (Å²) < 4.78 is 6.71. The fraction of sp³-hybridized carbons (Fsp3) is 0.562. The van der Waals surface area contributed by atoms with Crippen molar-refractivity contribution in [2.24, 2.45) is 11.3 Å². The van der Waals surface area contributed by atoms with Crippen LogP contribution in [0.2, 0.25) is 0 Å². The lowest BCUT2D eigenvalue weighted by atomic mass is 9.95. The average molecular weight is 340 g/mol. The van der Waals surface area contributed by atoms with Gasteiger partial charge in [-0.05, 0) is 57.9 Å². The van der Waals surface area contributed by atoms with Gasteiger partial charge in [0.05, 0.1) is 5.41 Å². The first-order valence-electron chi connectivity index (χ1n) is 7.05. The van der Waals surface area contributed by atoms with Crippen LogP contribution in [0, 0.1) is 11.3 Å². The summed E-state index contributed by atoms with van der Waals surface area (Å²) in [6, 6.07) is 8.33. The van der Waals surface area contributed by atoms with Gasteiger partial charge in [0, 0.05) is 10.4 Å². The van der Waals surface area contributed by atoms with E-state index in [4.69, 9.17) is 4.74 Å². The van der Waals surface area contributed by atoms with Crippen LogP contribution < -0.4 is 5.32 Å². The Morgan fingerprint density at radius 3 is 2.60 bits per heavy atom. The molecular weight excluding hydrogens is 318 g/mol. The van der Waals surface area contributed by atoms with E-state index >= 15 is 0 Å². The molecule has 1 aliphatic heterocycles. The highest BCUT2D eigenvalue weighted by Gasteiger charge is 2.33. The molecule has 0 aliphatic carbocycles. The van der Waals surface area contributed by atoms with Gasteiger partial charge in [-0.1, -0.05) is 28.1 Å². The van der Waals surface area contributed by atoms with Crippen LogP contribution in [0.15, 0.2) is 28.7 Å². The summed E-state index contributed by atoms with van der Waals surface area (Å²) >= 11 is 3.44. The van der Waals surface area contributed by atoms with Gasteiger partial charge >= 0.3 is 5.97 Å². The van der Waals surface area contributed by atoms with E-state index in [0.717, 1.165) is 23.9 Å². The monoisotopic (exact) mass is 339 g/mol. The minimum absolute atomic E-state index is 0.141. The zero-order valence-corrected chi connectivity index (χ0v) is 13.9. The van der Waals surface area contributed by atoms with Crippen LogP contribution in [0.3, 0.4) is 0 Å². The summed E-state index contributed by atoms with van der Waals surface area (Å²) in [5.74, 6) is 0.209. The van der Waals surface area contributed by atoms with E-state index in [2.05, 4.69) is 33.4 Å². The average Bonchev–Trinajstić information content (AvgIpc) is 2.78. The highest BCUT2D eigenvalue weighted by atomic mass is 79.9. The van der Waals surface area contributed by atoms with Gasteiger partial charge in [0.2, 0.25) is 0 Å². The Morgan fingerprint density at radius 2 is 2.00 bits per heavy atom. The third-order valence-corrected chi connectivity index (χ3v) is 4.07. The molecule has 2 unspecified atom stereocenters. The topological polar surface area (TPSA) is 38.3 Å². The van der Waals surface area contributed by atoms with Gasteiger partial charge in [-0.3, -0.25) is 10.1 Å². The number of nitrogens with one attached hydrogen (secondary N) is 1. The molecule has 4 heteroatoms. The Kier molecular flexibility index (Phi) is 4.86. The molecule has 0 bridgehead atoms. The van der Waals surface area contributed by atoms with Gasteiger partial charge in [-0.2, -0.15) is 0 Å². The highest BCUT2D eigenvalue weighted by Crippen LogP contribution is 2.25. The lowest BCUT2D eigenvalue weighted by Gasteiger charge is -2.24. The smallest absolute Gasteiger partial charge is 0.312 e. The standard InChI is InChI=1S/C16H22BrNO2/c1-16(2,3)15(19)20-14-12(8-9-18-14)10-11-4-6-13(17)7-5-11/h4-7,12,14,18H,8-10H2,1-3H3. The third kappa shape index (κ3) is 4.06. The molecule has 0 aromatic heterocycles. The maximum Gasteiger partial charge on any atom is 0.312 e. The second-order valence-electron chi connectivity index (χ2n) is 6.41. The molecule has 20 heavy (non-hydrogen) atoms. The van der Waals surface area contributed by atoms with Crippen LogP contribution in [0.5, 0.6) is 0 Å². The zero-order valence-electron chi connectivity index (χ0n) is 12.3. The van der Waals surface area contributed by atoms with Gasteiger partial charge in [0.25, 0.3) is 0 Å². The number of carbonyl (C=O) groups is 1. The first-order valence-corrected chi connectivity index (χ1v) is 7.84. The fourth-order valence-electron chi connectivity index (χ4n) is 2.29. The Bertz CT molecular complexity index is 464. The van der Waals surface area contributed by atoms with Crippen molar-refractivity contribution in [3.05, 3.63) is 34.3 Å². The summed E-state index contributed by atoms with van der Waals surface area (Å²) in [7, 11) is 0. The molecule has 1 fully saturated rings. The molecule has 110 valence electrons. The van der Waals surface area contributed by atoms with E-state index < -0.39 is 5.41 Å². The van der Waals surface area contributed by atoms with Crippen LogP contribution in [-0.2, 0) is 16.0 Å². The Labute approximate surface area is 129 Å². The van der Waals surface area contributed by atoms with Crippen molar-refractivity contribution in [2.75, 3.05) is 6.54 Å². The fourth-order valence-corrected chi connectivity index (χ4v) is 2.56. The molecule has 0 amide bonds. The Morgan fingerprint density at radius 1 is 1.35 bits per heavy atom. The van der Waals surface area contributed by atoms with E-state index in [1.807, 2.05) is 32.9 Å². The lowest BCUT2D eigenvalue weighted by molar-refractivity contribution is -0.161. The number of carbonyl (C=O) groups excluding carboxylic acids is 1. The SMILES string of the molecule is CC(C)(C)C(=O)OC1NCCC1Cc1ccc(Br)cc1. The van der Waals surface area contributed by atoms with Gasteiger partial charge in [-0.15, -0.1) is 0 Å². The number of hydrogen-bond acceptors (Lipinski definition) is 3. The van der Waals surface area contributed by atoms with Crippen LogP contribution >= 0.6 is 15.9 Å². The van der Waals surface area contributed by atoms with E-state index in [1.165, 1.54) is 5.56 Å². The molecule has 0 radical (unpaired) electrons. The predicted molar refractivity (Wildman–Crippen MR) is 83.3 cm³/mol. The number of hydrogen-bond donors (Lipinski definition) is 1. The van der Waals surface area contributed by atoms with Gasteiger partial charge < -0.3 is 4.74 Å². The summed E-state index contributed by atoms with van der Waals surface area (Å²) in [6.45, 7) is 6.55. The van der Waals surface area contributed by atoms with Crippen molar-refractivity contribution in [1.82, 2.24) is 5.32 Å². The van der Waals surface area contributed by atoms with E-state index in [0.29, 0.717) is 5.92 Å². The van der Waals surface area contributed by atoms with Crippen LogP contribution in [0.1, 0.15) is 32.8 Å². The number of rotatable bonds is 3. The summed E-state index contributed by atoms with van der Waals surface area (Å²) in [4.78, 5) is 12.0. The van der Waals surface area contributed by atoms with E-state index in [9.17, 15) is 4.79 Å². The Hall–Kier alpha value is -0.870.